The number of amides is 1. The van der Waals surface area contributed by atoms with E-state index in [9.17, 15) is 4.79 Å². The smallest absolute Gasteiger partial charge is 0.407 e. The highest BCUT2D eigenvalue weighted by Gasteiger charge is 2.16. The number of hydrogen-bond donors (Lipinski definition) is 1. The zero-order valence-corrected chi connectivity index (χ0v) is 35.5. The predicted molar refractivity (Wildman–Crippen MR) is 229 cm³/mol. The normalized spacial score (nSPS) is 14.5. The van der Waals surface area contributed by atoms with Gasteiger partial charge >= 0.3 is 6.09 Å². The number of nitrogens with zero attached hydrogens (tertiary/aromatic N) is 1. The number of carbonyl (C=O) groups is 1. The second kappa shape index (κ2) is 41.8. The maximum atomic E-state index is 12.6. The van der Waals surface area contributed by atoms with Crippen molar-refractivity contribution in [2.75, 3.05) is 52.6 Å². The summed E-state index contributed by atoms with van der Waals surface area (Å²) in [6.45, 7) is 10.6. The van der Waals surface area contributed by atoms with Crippen LogP contribution in [0.1, 0.15) is 213 Å². The van der Waals surface area contributed by atoms with E-state index in [0.29, 0.717) is 33.0 Å². The van der Waals surface area contributed by atoms with Gasteiger partial charge in [0, 0.05) is 26.3 Å². The Hall–Kier alpha value is -1.37. The number of allylic oxidation sites excluding steroid dienone is 4. The van der Waals surface area contributed by atoms with Crippen LogP contribution in [0.25, 0.3) is 0 Å². The lowest BCUT2D eigenvalue weighted by Gasteiger charge is -2.26. The number of carbonyl (C=O) groups excluding carboxylic acids is 1. The summed E-state index contributed by atoms with van der Waals surface area (Å²) in [5.41, 5.74) is 0. The molecule has 53 heavy (non-hydrogen) atoms. The molecule has 0 spiro atoms. The highest BCUT2D eigenvalue weighted by atomic mass is 16.6. The summed E-state index contributed by atoms with van der Waals surface area (Å²) in [6, 6.07) is 0. The molecule has 6 heteroatoms. The van der Waals surface area contributed by atoms with Gasteiger partial charge in [0.1, 0.15) is 0 Å². The first-order valence-electron chi connectivity index (χ1n) is 23.4. The fourth-order valence-electron chi connectivity index (χ4n) is 7.14. The number of alkyl carbamates (subject to hydrolysis) is 1. The van der Waals surface area contributed by atoms with Crippen molar-refractivity contribution < 1.29 is 19.0 Å². The number of likely N-dealkylation sites (tertiary alicyclic amines) is 1. The summed E-state index contributed by atoms with van der Waals surface area (Å²) in [7, 11) is 0. The topological polar surface area (TPSA) is 60.0 Å². The van der Waals surface area contributed by atoms with E-state index in [1.807, 2.05) is 0 Å². The van der Waals surface area contributed by atoms with E-state index in [-0.39, 0.29) is 12.2 Å². The third-order valence-corrected chi connectivity index (χ3v) is 10.6. The fraction of sp³-hybridized carbons (Fsp3) is 0.894. The van der Waals surface area contributed by atoms with E-state index in [1.54, 1.807) is 0 Å². The van der Waals surface area contributed by atoms with Gasteiger partial charge in [0.25, 0.3) is 0 Å². The predicted octanol–water partition coefficient (Wildman–Crippen LogP) is 13.7. The van der Waals surface area contributed by atoms with E-state index < -0.39 is 0 Å². The Morgan fingerprint density at radius 1 is 0.528 bits per heavy atom. The minimum absolute atomic E-state index is 0.353. The maximum absolute atomic E-state index is 12.6. The Kier molecular flexibility index (Phi) is 39.1. The van der Waals surface area contributed by atoms with E-state index >= 15 is 0 Å². The Morgan fingerprint density at radius 3 is 1.32 bits per heavy atom. The monoisotopic (exact) mass is 747 g/mol. The van der Waals surface area contributed by atoms with Crippen LogP contribution in [0.15, 0.2) is 24.3 Å². The van der Waals surface area contributed by atoms with Crippen LogP contribution in [0, 0.1) is 0 Å². The van der Waals surface area contributed by atoms with Crippen LogP contribution in [0.4, 0.5) is 4.79 Å². The number of hydrogen-bond acceptors (Lipinski definition) is 5. The first-order chi connectivity index (χ1) is 26.3. The highest BCUT2D eigenvalue weighted by Crippen LogP contribution is 2.13. The molecule has 0 atom stereocenters. The number of unbranched alkanes of at least 4 members (excludes halogenated alkanes) is 24. The van der Waals surface area contributed by atoms with Gasteiger partial charge in [-0.25, -0.2) is 4.79 Å². The van der Waals surface area contributed by atoms with Gasteiger partial charge in [-0.3, -0.25) is 0 Å². The second-order valence-corrected chi connectivity index (χ2v) is 15.9. The standard InChI is InChI=1S/C47H90N2O4/c1-3-5-7-9-11-13-15-17-19-21-23-25-27-29-31-36-42-51-44-46(53-47(50)48-38-41-49-39-34-33-35-40-49)45-52-43-37-32-30-28-26-24-22-20-18-16-14-12-10-8-6-4-2/h17-20,46H,3-16,21-45H2,1-2H3,(H,48,50). The zero-order valence-electron chi connectivity index (χ0n) is 35.5. The van der Waals surface area contributed by atoms with E-state index in [0.717, 1.165) is 32.5 Å². The van der Waals surface area contributed by atoms with Gasteiger partial charge in [0.2, 0.25) is 0 Å². The molecule has 0 bridgehead atoms. The van der Waals surface area contributed by atoms with Crippen LogP contribution in [0.5, 0.6) is 0 Å². The molecule has 312 valence electrons. The van der Waals surface area contributed by atoms with Crippen LogP contribution >= 0.6 is 0 Å². The summed E-state index contributed by atoms with van der Waals surface area (Å²) in [5, 5.41) is 2.96. The largest absolute Gasteiger partial charge is 0.441 e. The summed E-state index contributed by atoms with van der Waals surface area (Å²) in [6.07, 6.45) is 49.2. The van der Waals surface area contributed by atoms with Crippen LogP contribution < -0.4 is 5.32 Å². The third kappa shape index (κ3) is 37.3. The SMILES string of the molecule is CCCCCCCCC=CCCCCCCCCOCC(COCCCCCCCCC=CCCCCCCCC)OC(=O)NCCN1CCCCC1. The molecular formula is C47H90N2O4. The van der Waals surface area contributed by atoms with Crippen LogP contribution in [-0.2, 0) is 14.2 Å². The van der Waals surface area contributed by atoms with Crippen LogP contribution in [0.3, 0.4) is 0 Å². The molecule has 1 fully saturated rings. The molecule has 0 aromatic rings. The van der Waals surface area contributed by atoms with Crippen molar-refractivity contribution in [3.05, 3.63) is 24.3 Å². The molecule has 1 aliphatic rings. The molecular weight excluding hydrogens is 657 g/mol. The Labute approximate surface area is 330 Å². The molecule has 1 aliphatic heterocycles. The van der Waals surface area contributed by atoms with E-state index in [2.05, 4.69) is 48.4 Å². The Bertz CT molecular complexity index is 751. The van der Waals surface area contributed by atoms with Gasteiger partial charge in [-0.15, -0.1) is 0 Å². The van der Waals surface area contributed by atoms with Crippen LogP contribution in [0.2, 0.25) is 0 Å². The van der Waals surface area contributed by atoms with Gasteiger partial charge in [-0.1, -0.05) is 160 Å². The lowest BCUT2D eigenvalue weighted by Crippen LogP contribution is -2.40. The van der Waals surface area contributed by atoms with Crippen LogP contribution in [-0.4, -0.2) is 69.7 Å². The lowest BCUT2D eigenvalue weighted by molar-refractivity contribution is -0.0293. The molecule has 1 rings (SSSR count). The van der Waals surface area contributed by atoms with Gasteiger partial charge in [0.05, 0.1) is 13.2 Å². The van der Waals surface area contributed by atoms with Crippen molar-refractivity contribution in [2.24, 2.45) is 0 Å². The zero-order chi connectivity index (χ0) is 38.0. The summed E-state index contributed by atoms with van der Waals surface area (Å²) in [5.74, 6) is 0. The van der Waals surface area contributed by atoms with Crippen molar-refractivity contribution in [3.63, 3.8) is 0 Å². The van der Waals surface area contributed by atoms with Crippen molar-refractivity contribution >= 4 is 6.09 Å². The average Bonchev–Trinajstić information content (AvgIpc) is 3.17. The summed E-state index contributed by atoms with van der Waals surface area (Å²) < 4.78 is 17.8. The summed E-state index contributed by atoms with van der Waals surface area (Å²) in [4.78, 5) is 15.0. The molecule has 1 N–H and O–H groups in total. The highest BCUT2D eigenvalue weighted by molar-refractivity contribution is 5.67. The van der Waals surface area contributed by atoms with Crippen molar-refractivity contribution in [2.45, 2.75) is 219 Å². The van der Waals surface area contributed by atoms with E-state index in [4.69, 9.17) is 14.2 Å². The summed E-state index contributed by atoms with van der Waals surface area (Å²) >= 11 is 0. The fourth-order valence-corrected chi connectivity index (χ4v) is 7.14. The Morgan fingerprint density at radius 2 is 0.906 bits per heavy atom. The van der Waals surface area contributed by atoms with Crippen molar-refractivity contribution in [1.82, 2.24) is 10.2 Å². The maximum Gasteiger partial charge on any atom is 0.407 e. The van der Waals surface area contributed by atoms with Crippen molar-refractivity contribution in [3.8, 4) is 0 Å². The molecule has 1 saturated heterocycles. The first kappa shape index (κ1) is 49.6. The third-order valence-electron chi connectivity index (χ3n) is 10.6. The molecule has 0 aromatic carbocycles. The molecule has 0 aromatic heterocycles. The van der Waals surface area contributed by atoms with Crippen molar-refractivity contribution in [1.29, 1.82) is 0 Å². The molecule has 0 radical (unpaired) electrons. The van der Waals surface area contributed by atoms with E-state index in [1.165, 1.54) is 186 Å². The number of piperidine rings is 1. The van der Waals surface area contributed by atoms with Gasteiger partial charge in [-0.2, -0.15) is 0 Å². The Balaban J connectivity index is 2.11. The molecule has 0 unspecified atom stereocenters. The molecule has 1 amide bonds. The van der Waals surface area contributed by atoms with Gasteiger partial charge in [0.15, 0.2) is 6.10 Å². The number of nitrogens with one attached hydrogen (secondary N) is 1. The first-order valence-corrected chi connectivity index (χ1v) is 23.4. The second-order valence-electron chi connectivity index (χ2n) is 15.9. The minimum atomic E-state index is -0.367. The average molecular weight is 747 g/mol. The lowest BCUT2D eigenvalue weighted by atomic mass is 10.1. The van der Waals surface area contributed by atoms with Gasteiger partial charge < -0.3 is 24.4 Å². The minimum Gasteiger partial charge on any atom is -0.441 e. The van der Waals surface area contributed by atoms with Gasteiger partial charge in [-0.05, 0) is 90.1 Å². The molecule has 6 nitrogen and oxygen atoms in total. The quantitative estimate of drug-likeness (QED) is 0.0500. The molecule has 0 saturated carbocycles. The molecule has 0 aliphatic carbocycles. The number of rotatable bonds is 40. The molecule has 1 heterocycles. The number of ether oxygens (including phenoxy) is 3.